The predicted molar refractivity (Wildman–Crippen MR) is 333 cm³/mol. The Morgan fingerprint density at radius 2 is 0.526 bits per heavy atom. The summed E-state index contributed by atoms with van der Waals surface area (Å²) in [6.07, 6.45) is 102. The Balaban J connectivity index is 3.66. The first-order valence-electron chi connectivity index (χ1n) is 30.3. The summed E-state index contributed by atoms with van der Waals surface area (Å²) in [7, 11) is 0. The molecule has 0 aliphatic heterocycles. The average molecular weight is 1040 g/mol. The van der Waals surface area contributed by atoms with E-state index in [1.165, 1.54) is 64.2 Å². The van der Waals surface area contributed by atoms with Crippen molar-refractivity contribution in [2.45, 2.75) is 238 Å². The maximum absolute atomic E-state index is 12.3. The molecule has 0 bridgehead atoms. The Morgan fingerprint density at radius 3 is 0.803 bits per heavy atom. The van der Waals surface area contributed by atoms with Crippen LogP contribution in [0.15, 0.2) is 182 Å². The lowest BCUT2D eigenvalue weighted by molar-refractivity contribution is -0.161. The topological polar surface area (TPSA) is 72.8 Å². The third-order valence-corrected chi connectivity index (χ3v) is 12.2. The van der Waals surface area contributed by atoms with E-state index >= 15 is 0 Å². The van der Waals surface area contributed by atoms with Crippen LogP contribution in [0, 0.1) is 0 Å². The zero-order valence-electron chi connectivity index (χ0n) is 48.4. The van der Waals surface area contributed by atoms with Crippen LogP contribution in [-0.2, 0) is 19.1 Å². The number of unbranched alkanes of at least 4 members (excludes halogenated alkanes) is 15. The van der Waals surface area contributed by atoms with Gasteiger partial charge in [-0.05, 0) is 135 Å². The van der Waals surface area contributed by atoms with Gasteiger partial charge in [0.25, 0.3) is 0 Å². The van der Waals surface area contributed by atoms with Crippen LogP contribution >= 0.6 is 0 Å². The van der Waals surface area contributed by atoms with Crippen LogP contribution in [0.2, 0.25) is 0 Å². The van der Waals surface area contributed by atoms with Crippen molar-refractivity contribution in [3.8, 4) is 0 Å². The number of carbonyl (C=O) groups is 2. The molecule has 0 aliphatic rings. The molecule has 0 aromatic heterocycles. The number of hydrogen-bond donors (Lipinski definition) is 1. The fourth-order valence-corrected chi connectivity index (χ4v) is 7.73. The van der Waals surface area contributed by atoms with Crippen LogP contribution in [0.5, 0.6) is 0 Å². The highest BCUT2D eigenvalue weighted by molar-refractivity contribution is 5.70. The lowest BCUT2D eigenvalue weighted by Crippen LogP contribution is -2.28. The van der Waals surface area contributed by atoms with Crippen LogP contribution in [0.3, 0.4) is 0 Å². The van der Waals surface area contributed by atoms with E-state index in [-0.39, 0.29) is 25.2 Å². The van der Waals surface area contributed by atoms with Gasteiger partial charge in [0.2, 0.25) is 0 Å². The molecule has 0 aliphatic carbocycles. The number of carbonyl (C=O) groups excluding carboxylic acids is 2. The van der Waals surface area contributed by atoms with Crippen LogP contribution in [-0.4, -0.2) is 36.4 Å². The molecular weight excluding hydrogens is 933 g/mol. The number of aliphatic hydroxyl groups is 1. The van der Waals surface area contributed by atoms with E-state index in [4.69, 9.17) is 9.47 Å². The summed E-state index contributed by atoms with van der Waals surface area (Å²) < 4.78 is 10.7. The summed E-state index contributed by atoms with van der Waals surface area (Å²) in [4.78, 5) is 24.6. The van der Waals surface area contributed by atoms with Gasteiger partial charge in [-0.3, -0.25) is 9.59 Å². The van der Waals surface area contributed by atoms with Gasteiger partial charge < -0.3 is 14.6 Å². The quantitative estimate of drug-likeness (QED) is 0.0373. The smallest absolute Gasteiger partial charge is 0.306 e. The van der Waals surface area contributed by atoms with Gasteiger partial charge in [0.15, 0.2) is 6.10 Å². The molecule has 1 unspecified atom stereocenters. The van der Waals surface area contributed by atoms with Crippen molar-refractivity contribution in [1.29, 1.82) is 0 Å². The van der Waals surface area contributed by atoms with Crippen LogP contribution < -0.4 is 0 Å². The highest BCUT2D eigenvalue weighted by atomic mass is 16.6. The second kappa shape index (κ2) is 64.3. The van der Waals surface area contributed by atoms with Crippen molar-refractivity contribution in [2.24, 2.45) is 0 Å². The Hall–Kier alpha value is -5.00. The number of aliphatic hydroxyl groups excluding tert-OH is 1. The Labute approximate surface area is 467 Å². The second-order valence-electron chi connectivity index (χ2n) is 19.3. The van der Waals surface area contributed by atoms with E-state index in [0.717, 1.165) is 141 Å². The largest absolute Gasteiger partial charge is 0.462 e. The standard InChI is InChI=1S/C71H110O5/c1-3-5-7-9-11-13-15-17-19-21-23-25-27-29-30-31-32-33-34-35-36-37-38-39-40-42-44-46-48-50-52-54-56-58-60-62-64-66-71(74)76-69(67-72)68-75-70(73)65-63-61-59-57-55-53-51-49-47-45-43-41-28-26-24-22-20-18-16-14-12-10-8-6-4-2/h5-8,11-14,17-20,23-26,29-30,32-33,35-36,38-39,42,44,48,50,54,56,69,72H,3-4,9-10,15-16,21-22,27-28,31,34,37,40-41,43,45-47,49,51-53,55,57-68H2,1-2H3/b7-5-,8-6-,13-11-,14-12-,19-17-,20-18-,25-23-,26-24-,30-29-,33-32-,36-35-,39-38-,44-42-,50-48-,56-54-. The van der Waals surface area contributed by atoms with Crippen LogP contribution in [0.4, 0.5) is 0 Å². The minimum absolute atomic E-state index is 0.0923. The van der Waals surface area contributed by atoms with Gasteiger partial charge in [-0.15, -0.1) is 0 Å². The van der Waals surface area contributed by atoms with Crippen LogP contribution in [0.1, 0.15) is 232 Å². The molecule has 0 radical (unpaired) electrons. The molecule has 0 aromatic carbocycles. The molecule has 0 aromatic rings. The zero-order chi connectivity index (χ0) is 54.8. The predicted octanol–water partition coefficient (Wildman–Crippen LogP) is 21.1. The van der Waals surface area contributed by atoms with Gasteiger partial charge in [0, 0.05) is 12.8 Å². The van der Waals surface area contributed by atoms with Gasteiger partial charge in [-0.2, -0.15) is 0 Å². The summed E-state index contributed by atoms with van der Waals surface area (Å²) in [5.74, 6) is -0.643. The SMILES string of the molecule is CC/C=C\C/C=C\C/C=C\C/C=C\C/C=C\C/C=C\C/C=C\C/C=C\C/C=C\C/C=C\C/C=C\CCCCCC(=O)OC(CO)COC(=O)CCCCCCCCCCCCCC/C=C\C/C=C\C/C=C\C/C=C\CC. The zero-order valence-corrected chi connectivity index (χ0v) is 48.4. The number of esters is 2. The number of ether oxygens (including phenoxy) is 2. The molecule has 1 atom stereocenters. The van der Waals surface area contributed by atoms with Crippen LogP contribution in [0.25, 0.3) is 0 Å². The van der Waals surface area contributed by atoms with E-state index in [1.54, 1.807) is 0 Å². The van der Waals surface area contributed by atoms with E-state index in [2.05, 4.69) is 196 Å². The summed E-state index contributed by atoms with van der Waals surface area (Å²) in [5, 5.41) is 9.67. The summed E-state index contributed by atoms with van der Waals surface area (Å²) in [5.41, 5.74) is 0. The van der Waals surface area contributed by atoms with Gasteiger partial charge in [-0.25, -0.2) is 0 Å². The van der Waals surface area contributed by atoms with E-state index in [1.807, 2.05) is 0 Å². The molecule has 0 spiro atoms. The first-order chi connectivity index (χ1) is 37.6. The molecule has 0 saturated carbocycles. The van der Waals surface area contributed by atoms with Gasteiger partial charge in [-0.1, -0.05) is 267 Å². The molecule has 76 heavy (non-hydrogen) atoms. The fraction of sp³-hybridized carbons (Fsp3) is 0.549. The van der Waals surface area contributed by atoms with Gasteiger partial charge >= 0.3 is 11.9 Å². The molecule has 0 saturated heterocycles. The molecule has 0 heterocycles. The van der Waals surface area contributed by atoms with Gasteiger partial charge in [0.1, 0.15) is 6.61 Å². The van der Waals surface area contributed by atoms with Gasteiger partial charge in [0.05, 0.1) is 6.61 Å². The van der Waals surface area contributed by atoms with Crippen molar-refractivity contribution in [3.05, 3.63) is 182 Å². The highest BCUT2D eigenvalue weighted by Gasteiger charge is 2.16. The van der Waals surface area contributed by atoms with Crippen molar-refractivity contribution in [1.82, 2.24) is 0 Å². The van der Waals surface area contributed by atoms with Crippen molar-refractivity contribution in [2.75, 3.05) is 13.2 Å². The normalized spacial score (nSPS) is 13.6. The average Bonchev–Trinajstić information content (AvgIpc) is 3.42. The minimum Gasteiger partial charge on any atom is -0.462 e. The molecule has 0 fully saturated rings. The molecule has 0 amide bonds. The third kappa shape index (κ3) is 61.5. The lowest BCUT2D eigenvalue weighted by atomic mass is 10.0. The van der Waals surface area contributed by atoms with E-state index in [0.29, 0.717) is 12.8 Å². The number of hydrogen-bond acceptors (Lipinski definition) is 5. The van der Waals surface area contributed by atoms with E-state index in [9.17, 15) is 14.7 Å². The fourth-order valence-electron chi connectivity index (χ4n) is 7.73. The Kier molecular flexibility index (Phi) is 60.1. The van der Waals surface area contributed by atoms with Crippen molar-refractivity contribution < 1.29 is 24.2 Å². The number of rotatable bonds is 53. The van der Waals surface area contributed by atoms with Crippen molar-refractivity contribution >= 4 is 11.9 Å². The maximum Gasteiger partial charge on any atom is 0.306 e. The molecule has 5 nitrogen and oxygen atoms in total. The maximum atomic E-state index is 12.3. The Bertz CT molecular complexity index is 1750. The monoisotopic (exact) mass is 1040 g/mol. The lowest BCUT2D eigenvalue weighted by Gasteiger charge is -2.15. The first kappa shape index (κ1) is 71.0. The third-order valence-electron chi connectivity index (χ3n) is 12.2. The first-order valence-corrected chi connectivity index (χ1v) is 30.3. The van der Waals surface area contributed by atoms with Crippen molar-refractivity contribution in [3.63, 3.8) is 0 Å². The molecular formula is C71H110O5. The highest BCUT2D eigenvalue weighted by Crippen LogP contribution is 2.14. The second-order valence-corrected chi connectivity index (χ2v) is 19.3. The molecule has 0 rings (SSSR count). The summed E-state index contributed by atoms with van der Waals surface area (Å²) in [6.45, 7) is 3.88. The number of allylic oxidation sites excluding steroid dienone is 30. The summed E-state index contributed by atoms with van der Waals surface area (Å²) in [6, 6.07) is 0. The molecule has 5 heteroatoms. The molecule has 424 valence electrons. The minimum atomic E-state index is -0.806. The van der Waals surface area contributed by atoms with E-state index < -0.39 is 6.10 Å². The molecule has 1 N–H and O–H groups in total. The summed E-state index contributed by atoms with van der Waals surface area (Å²) >= 11 is 0. The Morgan fingerprint density at radius 1 is 0.303 bits per heavy atom.